The maximum Gasteiger partial charge on any atom is 0.161 e. The lowest BCUT2D eigenvalue weighted by Crippen LogP contribution is -2.08. The average Bonchev–Trinajstić information content (AvgIpc) is 3.19. The van der Waals surface area contributed by atoms with Crippen molar-refractivity contribution in [1.82, 2.24) is 24.5 Å². The molecule has 5 aromatic rings. The van der Waals surface area contributed by atoms with Crippen LogP contribution in [-0.4, -0.2) is 24.5 Å². The zero-order valence-corrected chi connectivity index (χ0v) is 15.3. The van der Waals surface area contributed by atoms with E-state index < -0.39 is 0 Å². The Morgan fingerprint density at radius 1 is 0.926 bits per heavy atom. The first-order valence-electron chi connectivity index (χ1n) is 9.11. The lowest BCUT2D eigenvalue weighted by molar-refractivity contribution is 0.538. The van der Waals surface area contributed by atoms with Crippen LogP contribution in [0.1, 0.15) is 13.8 Å². The van der Waals surface area contributed by atoms with Crippen molar-refractivity contribution < 1.29 is 0 Å². The molecule has 3 aromatic heterocycles. The van der Waals surface area contributed by atoms with E-state index in [0.29, 0.717) is 11.7 Å². The molecule has 0 unspecified atom stereocenters. The van der Waals surface area contributed by atoms with Crippen LogP contribution in [0.3, 0.4) is 0 Å². The molecule has 134 valence electrons. The van der Waals surface area contributed by atoms with Gasteiger partial charge in [-0.1, -0.05) is 38.1 Å². The second-order valence-electron chi connectivity index (χ2n) is 7.25. The van der Waals surface area contributed by atoms with Gasteiger partial charge in [0, 0.05) is 6.54 Å². The van der Waals surface area contributed by atoms with Crippen LogP contribution in [0.2, 0.25) is 0 Å². The first-order valence-corrected chi connectivity index (χ1v) is 9.11. The van der Waals surface area contributed by atoms with Gasteiger partial charge in [-0.25, -0.2) is 15.0 Å². The quantitative estimate of drug-likeness (QED) is 0.503. The Kier molecular flexibility index (Phi) is 3.40. The number of rotatable bonds is 3. The first-order chi connectivity index (χ1) is 13.1. The Bertz CT molecular complexity index is 1260. The van der Waals surface area contributed by atoms with Crippen molar-refractivity contribution >= 4 is 39.0 Å². The molecule has 6 nitrogen and oxygen atoms in total. The van der Waals surface area contributed by atoms with Gasteiger partial charge < -0.3 is 15.3 Å². The van der Waals surface area contributed by atoms with E-state index in [0.717, 1.165) is 51.2 Å². The molecule has 0 fully saturated rings. The Hall–Kier alpha value is -3.41. The Morgan fingerprint density at radius 2 is 1.59 bits per heavy atom. The summed E-state index contributed by atoms with van der Waals surface area (Å²) in [6, 6.07) is 15.9. The summed E-state index contributed by atoms with van der Waals surface area (Å²) in [5.41, 5.74) is 12.6. The van der Waals surface area contributed by atoms with Crippen molar-refractivity contribution in [3.8, 4) is 11.4 Å². The third kappa shape index (κ3) is 2.44. The predicted molar refractivity (Wildman–Crippen MR) is 109 cm³/mol. The number of anilines is 1. The van der Waals surface area contributed by atoms with E-state index in [4.69, 9.17) is 20.7 Å². The van der Waals surface area contributed by atoms with Gasteiger partial charge in [0.2, 0.25) is 0 Å². The van der Waals surface area contributed by atoms with Crippen LogP contribution in [0.25, 0.3) is 44.6 Å². The molecule has 27 heavy (non-hydrogen) atoms. The molecule has 0 bridgehead atoms. The SMILES string of the molecule is CC(C)Cn1c(N)c(-c2nc3ccccc3[nH]2)c2nc3ccccc3nc21. The van der Waals surface area contributed by atoms with Crippen LogP contribution in [0.5, 0.6) is 0 Å². The van der Waals surface area contributed by atoms with Crippen molar-refractivity contribution in [1.29, 1.82) is 0 Å². The molecule has 0 aliphatic rings. The summed E-state index contributed by atoms with van der Waals surface area (Å²) in [6.45, 7) is 5.11. The topological polar surface area (TPSA) is 85.4 Å². The van der Waals surface area contributed by atoms with Crippen LogP contribution >= 0.6 is 0 Å². The fourth-order valence-electron chi connectivity index (χ4n) is 3.57. The van der Waals surface area contributed by atoms with Crippen LogP contribution in [0.15, 0.2) is 48.5 Å². The third-order valence-electron chi connectivity index (χ3n) is 4.77. The zero-order valence-electron chi connectivity index (χ0n) is 15.3. The number of nitrogens with zero attached hydrogens (tertiary/aromatic N) is 4. The van der Waals surface area contributed by atoms with Gasteiger partial charge in [-0.15, -0.1) is 0 Å². The zero-order chi connectivity index (χ0) is 18.5. The molecule has 0 aliphatic heterocycles. The van der Waals surface area contributed by atoms with Gasteiger partial charge in [0.15, 0.2) is 5.65 Å². The summed E-state index contributed by atoms with van der Waals surface area (Å²) in [5, 5.41) is 0. The van der Waals surface area contributed by atoms with Crippen molar-refractivity contribution in [3.63, 3.8) is 0 Å². The Balaban J connectivity index is 1.87. The number of H-pyrrole nitrogens is 1. The Labute approximate surface area is 156 Å². The van der Waals surface area contributed by atoms with Gasteiger partial charge in [-0.3, -0.25) is 0 Å². The lowest BCUT2D eigenvalue weighted by atomic mass is 10.2. The molecule has 0 saturated heterocycles. The molecule has 0 spiro atoms. The number of imidazole rings is 1. The number of para-hydroxylation sites is 4. The molecule has 0 amide bonds. The number of nitrogen functional groups attached to an aromatic ring is 1. The number of benzene rings is 2. The highest BCUT2D eigenvalue weighted by Crippen LogP contribution is 2.36. The molecule has 2 aromatic carbocycles. The van der Waals surface area contributed by atoms with Crippen molar-refractivity contribution in [2.75, 3.05) is 5.73 Å². The first kappa shape index (κ1) is 15.8. The minimum absolute atomic E-state index is 0.430. The number of hydrogen-bond acceptors (Lipinski definition) is 4. The maximum atomic E-state index is 6.60. The highest BCUT2D eigenvalue weighted by Gasteiger charge is 2.22. The van der Waals surface area contributed by atoms with E-state index in [2.05, 4.69) is 23.4 Å². The van der Waals surface area contributed by atoms with Crippen molar-refractivity contribution in [2.45, 2.75) is 20.4 Å². The third-order valence-corrected chi connectivity index (χ3v) is 4.77. The fraction of sp³-hybridized carbons (Fsp3) is 0.190. The predicted octanol–water partition coefficient (Wildman–Crippen LogP) is 4.37. The molecule has 6 heteroatoms. The van der Waals surface area contributed by atoms with Gasteiger partial charge in [-0.05, 0) is 30.2 Å². The van der Waals surface area contributed by atoms with Crippen molar-refractivity contribution in [2.24, 2.45) is 5.92 Å². The van der Waals surface area contributed by atoms with Crippen LogP contribution < -0.4 is 5.73 Å². The van der Waals surface area contributed by atoms with Gasteiger partial charge >= 0.3 is 0 Å². The lowest BCUT2D eigenvalue weighted by Gasteiger charge is -2.10. The molecule has 0 aliphatic carbocycles. The number of aromatic nitrogens is 5. The molecule has 0 radical (unpaired) electrons. The number of nitrogens with two attached hydrogens (primary N) is 1. The summed E-state index contributed by atoms with van der Waals surface area (Å²) in [4.78, 5) is 17.9. The summed E-state index contributed by atoms with van der Waals surface area (Å²) < 4.78 is 2.06. The van der Waals surface area contributed by atoms with E-state index in [-0.39, 0.29) is 0 Å². The highest BCUT2D eigenvalue weighted by atomic mass is 15.1. The van der Waals surface area contributed by atoms with E-state index in [9.17, 15) is 0 Å². The van der Waals surface area contributed by atoms with E-state index in [1.165, 1.54) is 0 Å². The van der Waals surface area contributed by atoms with Gasteiger partial charge in [0.1, 0.15) is 17.2 Å². The molecular formula is C21H20N6. The number of fused-ring (bicyclic) bond motifs is 3. The molecule has 3 heterocycles. The molecular weight excluding hydrogens is 336 g/mol. The van der Waals surface area contributed by atoms with E-state index in [1.807, 2.05) is 48.5 Å². The van der Waals surface area contributed by atoms with Crippen molar-refractivity contribution in [3.05, 3.63) is 48.5 Å². The summed E-state index contributed by atoms with van der Waals surface area (Å²) in [7, 11) is 0. The van der Waals surface area contributed by atoms with E-state index >= 15 is 0 Å². The highest BCUT2D eigenvalue weighted by molar-refractivity contribution is 6.01. The second kappa shape index (κ2) is 5.81. The largest absolute Gasteiger partial charge is 0.384 e. The summed E-state index contributed by atoms with van der Waals surface area (Å²) >= 11 is 0. The van der Waals surface area contributed by atoms with Crippen LogP contribution in [-0.2, 0) is 6.54 Å². The molecule has 3 N–H and O–H groups in total. The Morgan fingerprint density at radius 3 is 2.30 bits per heavy atom. The normalized spacial score (nSPS) is 12.0. The van der Waals surface area contributed by atoms with Crippen LogP contribution in [0, 0.1) is 5.92 Å². The number of hydrogen-bond donors (Lipinski definition) is 2. The van der Waals surface area contributed by atoms with Gasteiger partial charge in [-0.2, -0.15) is 0 Å². The summed E-state index contributed by atoms with van der Waals surface area (Å²) in [6.07, 6.45) is 0. The average molecular weight is 356 g/mol. The standard InChI is InChI=1S/C21H20N6/c1-12(2)11-27-19(22)17(20-24-14-8-4-5-9-15(14)25-20)18-21(27)26-16-10-6-3-7-13(16)23-18/h3-10,12H,11,22H2,1-2H3,(H,24,25). The molecule has 0 saturated carbocycles. The monoisotopic (exact) mass is 356 g/mol. The minimum atomic E-state index is 0.430. The summed E-state index contributed by atoms with van der Waals surface area (Å²) in [5.74, 6) is 1.80. The van der Waals surface area contributed by atoms with Gasteiger partial charge in [0.05, 0.1) is 27.6 Å². The molecule has 5 rings (SSSR count). The van der Waals surface area contributed by atoms with Crippen LogP contribution in [0.4, 0.5) is 5.82 Å². The number of aromatic amines is 1. The van der Waals surface area contributed by atoms with Gasteiger partial charge in [0.25, 0.3) is 0 Å². The smallest absolute Gasteiger partial charge is 0.161 e. The molecule has 0 atom stereocenters. The second-order valence-corrected chi connectivity index (χ2v) is 7.25. The fourth-order valence-corrected chi connectivity index (χ4v) is 3.57. The van der Waals surface area contributed by atoms with E-state index in [1.54, 1.807) is 0 Å². The number of nitrogens with one attached hydrogen (secondary N) is 1. The maximum absolute atomic E-state index is 6.60. The minimum Gasteiger partial charge on any atom is -0.384 e.